The van der Waals surface area contributed by atoms with Crippen molar-refractivity contribution < 1.29 is 20.1 Å². The predicted molar refractivity (Wildman–Crippen MR) is 72.8 cm³/mol. The van der Waals surface area contributed by atoms with Crippen molar-refractivity contribution in [3.8, 4) is 23.1 Å². The van der Waals surface area contributed by atoms with Crippen LogP contribution in [0.15, 0.2) is 30.5 Å². The Hall–Kier alpha value is -2.47. The maximum absolute atomic E-state index is 9.68. The number of hydrogen-bond acceptors (Lipinski definition) is 6. The predicted octanol–water partition coefficient (Wildman–Crippen LogP) is 1.50. The largest absolute Gasteiger partial charge is 0.504 e. The van der Waals surface area contributed by atoms with E-state index >= 15 is 0 Å². The fourth-order valence-corrected chi connectivity index (χ4v) is 1.77. The Morgan fingerprint density at radius 2 is 1.90 bits per heavy atom. The summed E-state index contributed by atoms with van der Waals surface area (Å²) in [4.78, 5) is 4.01. The molecule has 1 aromatic heterocycles. The van der Waals surface area contributed by atoms with Crippen molar-refractivity contribution >= 4 is 0 Å². The third kappa shape index (κ3) is 3.10. The Labute approximate surface area is 116 Å². The van der Waals surface area contributed by atoms with Crippen molar-refractivity contribution in [1.29, 1.82) is 0 Å². The first-order chi connectivity index (χ1) is 9.61. The third-order valence-electron chi connectivity index (χ3n) is 2.87. The average molecular weight is 276 g/mol. The van der Waals surface area contributed by atoms with Crippen molar-refractivity contribution in [2.24, 2.45) is 0 Å². The van der Waals surface area contributed by atoms with Crippen LogP contribution in [-0.4, -0.2) is 27.4 Å². The molecule has 6 heteroatoms. The van der Waals surface area contributed by atoms with Gasteiger partial charge in [0.2, 0.25) is 11.6 Å². The molecule has 0 saturated heterocycles. The molecule has 1 aromatic carbocycles. The van der Waals surface area contributed by atoms with Gasteiger partial charge in [-0.2, -0.15) is 0 Å². The minimum Gasteiger partial charge on any atom is -0.504 e. The second kappa shape index (κ2) is 6.12. The molecule has 0 spiro atoms. The first kappa shape index (κ1) is 14.0. The van der Waals surface area contributed by atoms with E-state index in [-0.39, 0.29) is 11.5 Å². The molecule has 1 heterocycles. The molecule has 4 N–H and O–H groups in total. The Balaban J connectivity index is 1.97. The Bertz CT molecular complexity index is 602. The van der Waals surface area contributed by atoms with E-state index in [1.807, 2.05) is 6.07 Å². The number of phenolic OH excluding ortho intramolecular Hbond substituents is 3. The second-order valence-electron chi connectivity index (χ2n) is 4.25. The highest BCUT2D eigenvalue weighted by Crippen LogP contribution is 2.36. The second-order valence-corrected chi connectivity index (χ2v) is 4.25. The molecule has 0 aliphatic carbocycles. The zero-order valence-electron chi connectivity index (χ0n) is 11.0. The van der Waals surface area contributed by atoms with Gasteiger partial charge in [-0.25, -0.2) is 4.98 Å². The van der Waals surface area contributed by atoms with Gasteiger partial charge in [-0.05, 0) is 17.7 Å². The Kier molecular flexibility index (Phi) is 4.27. The SMILES string of the molecule is COc1cc(CNCc2ccc(O)c(O)c2O)ccn1. The van der Waals surface area contributed by atoms with Gasteiger partial charge in [0.25, 0.3) is 0 Å². The summed E-state index contributed by atoms with van der Waals surface area (Å²) in [7, 11) is 1.55. The van der Waals surface area contributed by atoms with Gasteiger partial charge in [-0.15, -0.1) is 0 Å². The van der Waals surface area contributed by atoms with E-state index in [1.54, 1.807) is 25.4 Å². The minimum absolute atomic E-state index is 0.315. The van der Waals surface area contributed by atoms with Crippen LogP contribution in [0, 0.1) is 0 Å². The van der Waals surface area contributed by atoms with Gasteiger partial charge >= 0.3 is 0 Å². The third-order valence-corrected chi connectivity index (χ3v) is 2.87. The first-order valence-electron chi connectivity index (χ1n) is 6.04. The number of hydrogen-bond donors (Lipinski definition) is 4. The van der Waals surface area contributed by atoms with Crippen molar-refractivity contribution in [2.75, 3.05) is 7.11 Å². The van der Waals surface area contributed by atoms with E-state index in [9.17, 15) is 15.3 Å². The number of nitrogens with one attached hydrogen (secondary N) is 1. The van der Waals surface area contributed by atoms with Crippen LogP contribution in [-0.2, 0) is 13.1 Å². The van der Waals surface area contributed by atoms with E-state index in [0.717, 1.165) is 5.56 Å². The van der Waals surface area contributed by atoms with Crippen molar-refractivity contribution in [3.05, 3.63) is 41.6 Å². The van der Waals surface area contributed by atoms with Crippen molar-refractivity contribution in [1.82, 2.24) is 10.3 Å². The number of benzene rings is 1. The summed E-state index contributed by atoms with van der Waals surface area (Å²) in [6.45, 7) is 0.907. The van der Waals surface area contributed by atoms with Crippen LogP contribution in [0.2, 0.25) is 0 Å². The van der Waals surface area contributed by atoms with E-state index in [2.05, 4.69) is 10.3 Å². The lowest BCUT2D eigenvalue weighted by molar-refractivity contribution is 0.364. The van der Waals surface area contributed by atoms with Crippen LogP contribution >= 0.6 is 0 Å². The Morgan fingerprint density at radius 1 is 1.10 bits per heavy atom. The molecule has 0 aliphatic heterocycles. The normalized spacial score (nSPS) is 10.4. The maximum atomic E-state index is 9.68. The smallest absolute Gasteiger partial charge is 0.213 e. The molecule has 0 radical (unpaired) electrons. The average Bonchev–Trinajstić information content (AvgIpc) is 2.47. The minimum atomic E-state index is -0.505. The molecule has 0 amide bonds. The molecule has 20 heavy (non-hydrogen) atoms. The molecule has 0 bridgehead atoms. The molecule has 0 aliphatic rings. The molecular weight excluding hydrogens is 260 g/mol. The summed E-state index contributed by atoms with van der Waals surface area (Å²) in [5.74, 6) is -0.626. The lowest BCUT2D eigenvalue weighted by atomic mass is 10.1. The van der Waals surface area contributed by atoms with Crippen molar-refractivity contribution in [3.63, 3.8) is 0 Å². The maximum Gasteiger partial charge on any atom is 0.213 e. The quantitative estimate of drug-likeness (QED) is 0.618. The number of ether oxygens (including phenoxy) is 1. The van der Waals surface area contributed by atoms with E-state index in [0.29, 0.717) is 24.5 Å². The molecular formula is C14H16N2O4. The molecule has 6 nitrogen and oxygen atoms in total. The van der Waals surface area contributed by atoms with Crippen molar-refractivity contribution in [2.45, 2.75) is 13.1 Å². The zero-order chi connectivity index (χ0) is 14.5. The molecule has 0 unspecified atom stereocenters. The van der Waals surface area contributed by atoms with E-state index in [4.69, 9.17) is 4.74 Å². The molecule has 0 atom stereocenters. The monoisotopic (exact) mass is 276 g/mol. The highest BCUT2D eigenvalue weighted by Gasteiger charge is 2.10. The van der Waals surface area contributed by atoms with Gasteiger partial charge in [0, 0.05) is 30.9 Å². The van der Waals surface area contributed by atoms with Crippen LogP contribution in [0.1, 0.15) is 11.1 Å². The first-order valence-corrected chi connectivity index (χ1v) is 6.04. The fraction of sp³-hybridized carbons (Fsp3) is 0.214. The van der Waals surface area contributed by atoms with Crippen LogP contribution in [0.5, 0.6) is 23.1 Å². The van der Waals surface area contributed by atoms with Gasteiger partial charge in [0.05, 0.1) is 7.11 Å². The number of nitrogens with zero attached hydrogens (tertiary/aromatic N) is 1. The summed E-state index contributed by atoms with van der Waals surface area (Å²) >= 11 is 0. The molecule has 0 fully saturated rings. The van der Waals surface area contributed by atoms with E-state index < -0.39 is 5.75 Å². The molecule has 2 aromatic rings. The number of methoxy groups -OCH3 is 1. The van der Waals surface area contributed by atoms with Gasteiger partial charge in [-0.1, -0.05) is 6.07 Å². The van der Waals surface area contributed by atoms with Gasteiger partial charge in [0.1, 0.15) is 0 Å². The number of pyridine rings is 1. The summed E-state index contributed by atoms with van der Waals surface area (Å²) < 4.78 is 5.03. The highest BCUT2D eigenvalue weighted by molar-refractivity contribution is 5.53. The van der Waals surface area contributed by atoms with Gasteiger partial charge < -0.3 is 25.4 Å². The Morgan fingerprint density at radius 3 is 2.65 bits per heavy atom. The van der Waals surface area contributed by atoms with Crippen LogP contribution < -0.4 is 10.1 Å². The molecule has 106 valence electrons. The highest BCUT2D eigenvalue weighted by atomic mass is 16.5. The van der Waals surface area contributed by atoms with E-state index in [1.165, 1.54) is 6.07 Å². The van der Waals surface area contributed by atoms with Gasteiger partial charge in [-0.3, -0.25) is 0 Å². The van der Waals surface area contributed by atoms with Crippen LogP contribution in [0.25, 0.3) is 0 Å². The topological polar surface area (TPSA) is 94.8 Å². The molecule has 2 rings (SSSR count). The lowest BCUT2D eigenvalue weighted by Gasteiger charge is -2.09. The number of phenols is 3. The summed E-state index contributed by atoms with van der Waals surface area (Å²) in [5, 5.41) is 31.5. The van der Waals surface area contributed by atoms with Crippen LogP contribution in [0.4, 0.5) is 0 Å². The zero-order valence-corrected chi connectivity index (χ0v) is 11.0. The lowest BCUT2D eigenvalue weighted by Crippen LogP contribution is -2.13. The summed E-state index contributed by atoms with van der Waals surface area (Å²) in [6, 6.07) is 6.54. The van der Waals surface area contributed by atoms with Crippen LogP contribution in [0.3, 0.4) is 0 Å². The summed E-state index contributed by atoms with van der Waals surface area (Å²) in [5.41, 5.74) is 1.49. The number of aromatic nitrogens is 1. The molecule has 0 saturated carbocycles. The number of aromatic hydroxyl groups is 3. The number of rotatable bonds is 5. The summed E-state index contributed by atoms with van der Waals surface area (Å²) in [6.07, 6.45) is 1.65. The standard InChI is InChI=1S/C14H16N2O4/c1-20-12-6-9(4-5-16-12)7-15-8-10-2-3-11(17)14(19)13(10)18/h2-6,15,17-19H,7-8H2,1H3. The van der Waals surface area contributed by atoms with Gasteiger partial charge in [0.15, 0.2) is 11.5 Å². The fourth-order valence-electron chi connectivity index (χ4n) is 1.77.